The molecule has 4 heteroatoms. The number of benzene rings is 1. The Labute approximate surface area is 81.4 Å². The number of amides is 1. The number of primary amides is 1. The number of halogens is 1. The summed E-state index contributed by atoms with van der Waals surface area (Å²) in [7, 11) is 0. The van der Waals surface area contributed by atoms with Gasteiger partial charge < -0.3 is 10.8 Å². The summed E-state index contributed by atoms with van der Waals surface area (Å²) in [5, 5.41) is 8.83. The third-order valence-corrected chi connectivity index (χ3v) is 1.91. The second-order valence-corrected chi connectivity index (χ2v) is 3.03. The van der Waals surface area contributed by atoms with Crippen LogP contribution < -0.4 is 5.73 Å². The Morgan fingerprint density at radius 2 is 2.00 bits per heavy atom. The molecule has 0 saturated carbocycles. The van der Waals surface area contributed by atoms with Gasteiger partial charge in [-0.2, -0.15) is 0 Å². The molecule has 0 heterocycles. The molecule has 1 aromatic rings. The molecule has 0 bridgehead atoms. The van der Waals surface area contributed by atoms with Gasteiger partial charge in [0.25, 0.3) is 0 Å². The van der Waals surface area contributed by atoms with Crippen LogP contribution in [0.3, 0.4) is 0 Å². The topological polar surface area (TPSA) is 63.3 Å². The standard InChI is InChI=1S/C10H11FNO2/c1-6(5-13)7-2-8(10(12)14)4-9(11)3-7/h2-4,13H,5H2,1H3,(H2,12,14). The average Bonchev–Trinajstić information content (AvgIpc) is 2.15. The van der Waals surface area contributed by atoms with Gasteiger partial charge in [0.15, 0.2) is 0 Å². The summed E-state index contributed by atoms with van der Waals surface area (Å²) in [5.41, 5.74) is 5.61. The van der Waals surface area contributed by atoms with Crippen molar-refractivity contribution in [1.82, 2.24) is 0 Å². The molecule has 3 N–H and O–H groups in total. The van der Waals surface area contributed by atoms with E-state index in [2.05, 4.69) is 0 Å². The van der Waals surface area contributed by atoms with Crippen molar-refractivity contribution in [2.75, 3.05) is 6.61 Å². The van der Waals surface area contributed by atoms with Crippen molar-refractivity contribution in [1.29, 1.82) is 0 Å². The molecule has 0 unspecified atom stereocenters. The number of hydrogen-bond acceptors (Lipinski definition) is 2. The van der Waals surface area contributed by atoms with Gasteiger partial charge in [0, 0.05) is 11.5 Å². The second-order valence-electron chi connectivity index (χ2n) is 3.03. The highest BCUT2D eigenvalue weighted by atomic mass is 19.1. The van der Waals surface area contributed by atoms with Gasteiger partial charge in [0.1, 0.15) is 5.82 Å². The monoisotopic (exact) mass is 196 g/mol. The summed E-state index contributed by atoms with van der Waals surface area (Å²) in [6.45, 7) is 1.47. The molecule has 0 saturated heterocycles. The maximum Gasteiger partial charge on any atom is 0.248 e. The van der Waals surface area contributed by atoms with Gasteiger partial charge in [-0.25, -0.2) is 4.39 Å². The van der Waals surface area contributed by atoms with Crippen molar-refractivity contribution in [2.45, 2.75) is 6.92 Å². The Bertz CT molecular complexity index is 352. The van der Waals surface area contributed by atoms with Crippen LogP contribution in [0.15, 0.2) is 18.2 Å². The highest BCUT2D eigenvalue weighted by molar-refractivity contribution is 5.93. The zero-order valence-electron chi connectivity index (χ0n) is 7.75. The van der Waals surface area contributed by atoms with E-state index < -0.39 is 11.7 Å². The molecule has 75 valence electrons. The molecule has 1 radical (unpaired) electrons. The zero-order chi connectivity index (χ0) is 10.7. The normalized spacial score (nSPS) is 10.6. The molecular formula is C10H11FNO2. The molecular weight excluding hydrogens is 185 g/mol. The average molecular weight is 196 g/mol. The van der Waals surface area contributed by atoms with Crippen molar-refractivity contribution in [2.24, 2.45) is 5.73 Å². The summed E-state index contributed by atoms with van der Waals surface area (Å²) in [5.74, 6) is -0.632. The number of nitrogens with two attached hydrogens (primary N) is 1. The lowest BCUT2D eigenvalue weighted by Gasteiger charge is -2.08. The first-order valence-corrected chi connectivity index (χ1v) is 4.08. The van der Waals surface area contributed by atoms with Crippen molar-refractivity contribution >= 4 is 5.91 Å². The smallest absolute Gasteiger partial charge is 0.248 e. The quantitative estimate of drug-likeness (QED) is 0.753. The Morgan fingerprint density at radius 3 is 2.50 bits per heavy atom. The lowest BCUT2D eigenvalue weighted by atomic mass is 9.99. The van der Waals surface area contributed by atoms with Gasteiger partial charge in [-0.15, -0.1) is 0 Å². The largest absolute Gasteiger partial charge is 0.395 e. The number of aliphatic hydroxyl groups excluding tert-OH is 1. The maximum absolute atomic E-state index is 13.0. The first-order valence-electron chi connectivity index (χ1n) is 4.08. The Balaban J connectivity index is 3.13. The second kappa shape index (κ2) is 4.19. The van der Waals surface area contributed by atoms with E-state index >= 15 is 0 Å². The Morgan fingerprint density at radius 1 is 1.43 bits per heavy atom. The summed E-state index contributed by atoms with van der Waals surface area (Å²) < 4.78 is 13.0. The molecule has 1 rings (SSSR count). The van der Waals surface area contributed by atoms with Crippen LogP contribution in [0.1, 0.15) is 22.8 Å². The molecule has 0 aromatic heterocycles. The summed E-state index contributed by atoms with van der Waals surface area (Å²) in [4.78, 5) is 10.8. The number of rotatable bonds is 3. The van der Waals surface area contributed by atoms with Gasteiger partial charge in [0.05, 0.1) is 6.61 Å². The minimum Gasteiger partial charge on any atom is -0.395 e. The molecule has 0 atom stereocenters. The minimum atomic E-state index is -0.684. The molecule has 0 aliphatic carbocycles. The van der Waals surface area contributed by atoms with Gasteiger partial charge in [-0.3, -0.25) is 4.79 Å². The highest BCUT2D eigenvalue weighted by Gasteiger charge is 2.10. The first kappa shape index (κ1) is 10.7. The van der Waals surface area contributed by atoms with Gasteiger partial charge in [0.2, 0.25) is 5.91 Å². The number of carbonyl (C=O) groups is 1. The van der Waals surface area contributed by atoms with E-state index in [4.69, 9.17) is 10.8 Å². The van der Waals surface area contributed by atoms with E-state index in [9.17, 15) is 9.18 Å². The maximum atomic E-state index is 13.0. The van der Waals surface area contributed by atoms with E-state index in [0.29, 0.717) is 11.5 Å². The Kier molecular flexibility index (Phi) is 3.19. The molecule has 14 heavy (non-hydrogen) atoms. The zero-order valence-corrected chi connectivity index (χ0v) is 7.75. The van der Waals surface area contributed by atoms with Crippen molar-refractivity contribution in [3.05, 3.63) is 41.1 Å². The van der Waals surface area contributed by atoms with Crippen LogP contribution in [0.5, 0.6) is 0 Å². The fourth-order valence-electron chi connectivity index (χ4n) is 1.07. The van der Waals surface area contributed by atoms with Gasteiger partial charge >= 0.3 is 0 Å². The van der Waals surface area contributed by atoms with Crippen LogP contribution in [0.4, 0.5) is 4.39 Å². The van der Waals surface area contributed by atoms with E-state index in [-0.39, 0.29) is 12.2 Å². The number of aliphatic hydroxyl groups is 1. The summed E-state index contributed by atoms with van der Waals surface area (Å²) in [6.07, 6.45) is 0. The van der Waals surface area contributed by atoms with Crippen LogP contribution in [-0.4, -0.2) is 17.6 Å². The molecule has 1 aromatic carbocycles. The lowest BCUT2D eigenvalue weighted by molar-refractivity contribution is 0.0999. The molecule has 0 fully saturated rings. The van der Waals surface area contributed by atoms with Crippen LogP contribution in [-0.2, 0) is 0 Å². The van der Waals surface area contributed by atoms with Crippen molar-refractivity contribution in [3.8, 4) is 0 Å². The van der Waals surface area contributed by atoms with E-state index in [0.717, 1.165) is 6.07 Å². The minimum absolute atomic E-state index is 0.104. The fourth-order valence-corrected chi connectivity index (χ4v) is 1.07. The van der Waals surface area contributed by atoms with Crippen LogP contribution >= 0.6 is 0 Å². The molecule has 3 nitrogen and oxygen atoms in total. The third-order valence-electron chi connectivity index (χ3n) is 1.91. The number of hydrogen-bond donors (Lipinski definition) is 2. The van der Waals surface area contributed by atoms with Gasteiger partial charge in [-0.05, 0) is 23.8 Å². The van der Waals surface area contributed by atoms with Crippen molar-refractivity contribution < 1.29 is 14.3 Å². The summed E-state index contributed by atoms with van der Waals surface area (Å²) >= 11 is 0. The summed E-state index contributed by atoms with van der Waals surface area (Å²) in [6, 6.07) is 3.77. The fraction of sp³-hybridized carbons (Fsp3) is 0.200. The third kappa shape index (κ3) is 2.29. The van der Waals surface area contributed by atoms with E-state index in [1.165, 1.54) is 12.1 Å². The van der Waals surface area contributed by atoms with Crippen LogP contribution in [0.2, 0.25) is 0 Å². The van der Waals surface area contributed by atoms with Crippen LogP contribution in [0, 0.1) is 11.7 Å². The molecule has 0 aliphatic heterocycles. The molecule has 0 aliphatic rings. The number of carbonyl (C=O) groups excluding carboxylic acids is 1. The van der Waals surface area contributed by atoms with Gasteiger partial charge in [-0.1, -0.05) is 6.92 Å². The predicted octanol–water partition coefficient (Wildman–Crippen LogP) is 0.859. The lowest BCUT2D eigenvalue weighted by Crippen LogP contribution is -2.12. The predicted molar refractivity (Wildman–Crippen MR) is 50.0 cm³/mol. The molecule has 1 amide bonds. The first-order chi connectivity index (χ1) is 6.54. The molecule has 0 spiro atoms. The highest BCUT2D eigenvalue weighted by Crippen LogP contribution is 2.17. The van der Waals surface area contributed by atoms with Crippen molar-refractivity contribution in [3.63, 3.8) is 0 Å². The van der Waals surface area contributed by atoms with E-state index in [1.807, 2.05) is 0 Å². The van der Waals surface area contributed by atoms with E-state index in [1.54, 1.807) is 6.92 Å². The SMILES string of the molecule is C[C](CO)c1cc(F)cc(C(N)=O)c1. The van der Waals surface area contributed by atoms with Crippen LogP contribution in [0.25, 0.3) is 0 Å². The Hall–Kier alpha value is -1.42.